The first-order chi connectivity index (χ1) is 9.59. The number of aliphatic hydroxyl groups is 1. The van der Waals surface area contributed by atoms with E-state index in [2.05, 4.69) is 12.1 Å². The average Bonchev–Trinajstić information content (AvgIpc) is 2.47. The summed E-state index contributed by atoms with van der Waals surface area (Å²) in [5.41, 5.74) is 3.44. The van der Waals surface area contributed by atoms with Crippen LogP contribution in [0.1, 0.15) is 42.0 Å². The monoisotopic (exact) mass is 286 g/mol. The zero-order valence-corrected chi connectivity index (χ0v) is 12.5. The fraction of sp³-hybridized carbons (Fsp3) is 0.333. The summed E-state index contributed by atoms with van der Waals surface area (Å²) in [4.78, 5) is 0. The van der Waals surface area contributed by atoms with Gasteiger partial charge in [-0.3, -0.25) is 0 Å². The number of hydrogen-bond donors (Lipinski definition) is 1. The Kier molecular flexibility index (Phi) is 3.57. The van der Waals surface area contributed by atoms with Gasteiger partial charge >= 0.3 is 0 Å². The minimum atomic E-state index is -1.05. The highest BCUT2D eigenvalue weighted by Gasteiger charge is 2.28. The number of rotatable bonds is 2. The van der Waals surface area contributed by atoms with Crippen LogP contribution in [-0.4, -0.2) is 5.11 Å². The summed E-state index contributed by atoms with van der Waals surface area (Å²) in [5.74, 6) is 0. The number of benzene rings is 2. The summed E-state index contributed by atoms with van der Waals surface area (Å²) in [6.07, 6.45) is 4.78. The van der Waals surface area contributed by atoms with Gasteiger partial charge in [0.15, 0.2) is 0 Å². The maximum absolute atomic E-state index is 11.0. The molecule has 0 aromatic heterocycles. The van der Waals surface area contributed by atoms with E-state index < -0.39 is 5.60 Å². The lowest BCUT2D eigenvalue weighted by Gasteiger charge is -2.27. The van der Waals surface area contributed by atoms with Gasteiger partial charge in [-0.1, -0.05) is 48.0 Å². The lowest BCUT2D eigenvalue weighted by molar-refractivity contribution is 0.102. The third-order valence-corrected chi connectivity index (χ3v) is 4.64. The SMILES string of the molecule is CC(O)(c1ccc2c(c1)CCCC2)c1ccccc1Cl. The van der Waals surface area contributed by atoms with Gasteiger partial charge in [0.25, 0.3) is 0 Å². The number of halogens is 1. The quantitative estimate of drug-likeness (QED) is 0.863. The molecule has 0 heterocycles. The maximum atomic E-state index is 11.0. The molecule has 0 saturated carbocycles. The molecular formula is C18H19ClO. The summed E-state index contributed by atoms with van der Waals surface area (Å²) in [6.45, 7) is 1.82. The highest BCUT2D eigenvalue weighted by molar-refractivity contribution is 6.31. The molecule has 0 fully saturated rings. The Bertz CT molecular complexity index is 631. The van der Waals surface area contributed by atoms with E-state index in [4.69, 9.17) is 11.6 Å². The van der Waals surface area contributed by atoms with Gasteiger partial charge in [-0.25, -0.2) is 0 Å². The molecule has 1 nitrogen and oxygen atoms in total. The highest BCUT2D eigenvalue weighted by atomic mass is 35.5. The van der Waals surface area contributed by atoms with Crippen molar-refractivity contribution >= 4 is 11.6 Å². The van der Waals surface area contributed by atoms with Crippen LogP contribution >= 0.6 is 11.6 Å². The van der Waals surface area contributed by atoms with Crippen molar-refractivity contribution in [3.05, 3.63) is 69.7 Å². The Morgan fingerprint density at radius 1 is 1.00 bits per heavy atom. The smallest absolute Gasteiger partial charge is 0.113 e. The van der Waals surface area contributed by atoms with E-state index >= 15 is 0 Å². The number of aryl methyl sites for hydroxylation is 2. The molecule has 1 aliphatic rings. The third-order valence-electron chi connectivity index (χ3n) is 4.31. The van der Waals surface area contributed by atoms with Crippen LogP contribution < -0.4 is 0 Å². The van der Waals surface area contributed by atoms with Crippen LogP contribution in [-0.2, 0) is 18.4 Å². The van der Waals surface area contributed by atoms with Crippen molar-refractivity contribution in [2.75, 3.05) is 0 Å². The first-order valence-corrected chi connectivity index (χ1v) is 7.56. The van der Waals surface area contributed by atoms with Crippen molar-refractivity contribution in [1.82, 2.24) is 0 Å². The largest absolute Gasteiger partial charge is 0.381 e. The molecule has 1 atom stereocenters. The first kappa shape index (κ1) is 13.7. The second kappa shape index (κ2) is 5.23. The fourth-order valence-electron chi connectivity index (χ4n) is 3.05. The second-order valence-electron chi connectivity index (χ2n) is 5.74. The fourth-order valence-corrected chi connectivity index (χ4v) is 3.37. The molecule has 1 N–H and O–H groups in total. The minimum absolute atomic E-state index is 0.607. The maximum Gasteiger partial charge on any atom is 0.113 e. The zero-order chi connectivity index (χ0) is 14.2. The summed E-state index contributed by atoms with van der Waals surface area (Å²) in [6, 6.07) is 13.9. The van der Waals surface area contributed by atoms with Crippen LogP contribution in [0.3, 0.4) is 0 Å². The van der Waals surface area contributed by atoms with Crippen LogP contribution in [0.4, 0.5) is 0 Å². The van der Waals surface area contributed by atoms with E-state index in [0.29, 0.717) is 5.02 Å². The van der Waals surface area contributed by atoms with Crippen molar-refractivity contribution in [3.63, 3.8) is 0 Å². The molecule has 2 heteroatoms. The van der Waals surface area contributed by atoms with Crippen LogP contribution in [0.15, 0.2) is 42.5 Å². The molecule has 0 aliphatic heterocycles. The van der Waals surface area contributed by atoms with E-state index in [1.165, 1.54) is 24.0 Å². The Morgan fingerprint density at radius 3 is 2.45 bits per heavy atom. The normalized spacial score (nSPS) is 17.4. The lowest BCUT2D eigenvalue weighted by atomic mass is 9.83. The van der Waals surface area contributed by atoms with Crippen molar-refractivity contribution < 1.29 is 5.11 Å². The topological polar surface area (TPSA) is 20.2 Å². The molecule has 0 saturated heterocycles. The predicted octanol–water partition coefficient (Wildman–Crippen LogP) is 4.47. The standard InChI is InChI=1S/C18H19ClO/c1-18(20,16-8-4-5-9-17(16)19)15-11-10-13-6-2-3-7-14(13)12-15/h4-5,8-12,20H,2-3,6-7H2,1H3. The van der Waals surface area contributed by atoms with Crippen LogP contribution in [0.2, 0.25) is 5.02 Å². The van der Waals surface area contributed by atoms with Gasteiger partial charge in [0.1, 0.15) is 5.60 Å². The number of fused-ring (bicyclic) bond motifs is 1. The summed E-state index contributed by atoms with van der Waals surface area (Å²) >= 11 is 6.24. The highest BCUT2D eigenvalue weighted by Crippen LogP contribution is 2.35. The summed E-state index contributed by atoms with van der Waals surface area (Å²) in [5, 5.41) is 11.6. The van der Waals surface area contributed by atoms with E-state index in [0.717, 1.165) is 24.0 Å². The van der Waals surface area contributed by atoms with Crippen LogP contribution in [0.25, 0.3) is 0 Å². The minimum Gasteiger partial charge on any atom is -0.381 e. The Labute approximate surface area is 125 Å². The van der Waals surface area contributed by atoms with E-state index in [9.17, 15) is 5.11 Å². The van der Waals surface area contributed by atoms with Gasteiger partial charge in [-0.15, -0.1) is 0 Å². The molecule has 0 amide bonds. The van der Waals surface area contributed by atoms with E-state index in [1.54, 1.807) is 0 Å². The summed E-state index contributed by atoms with van der Waals surface area (Å²) in [7, 11) is 0. The average molecular weight is 287 g/mol. The molecule has 1 unspecified atom stereocenters. The molecule has 2 aromatic carbocycles. The second-order valence-corrected chi connectivity index (χ2v) is 6.15. The molecule has 0 bridgehead atoms. The van der Waals surface area contributed by atoms with Gasteiger partial charge in [-0.2, -0.15) is 0 Å². The molecule has 104 valence electrons. The van der Waals surface area contributed by atoms with Gasteiger partial charge < -0.3 is 5.11 Å². The third kappa shape index (κ3) is 2.36. The predicted molar refractivity (Wildman–Crippen MR) is 83.2 cm³/mol. The molecule has 0 spiro atoms. The van der Waals surface area contributed by atoms with Crippen molar-refractivity contribution in [3.8, 4) is 0 Å². The van der Waals surface area contributed by atoms with E-state index in [-0.39, 0.29) is 0 Å². The van der Waals surface area contributed by atoms with Gasteiger partial charge in [0, 0.05) is 10.6 Å². The van der Waals surface area contributed by atoms with Gasteiger partial charge in [0.2, 0.25) is 0 Å². The van der Waals surface area contributed by atoms with E-state index in [1.807, 2.05) is 37.3 Å². The van der Waals surface area contributed by atoms with Crippen LogP contribution in [0.5, 0.6) is 0 Å². The van der Waals surface area contributed by atoms with Gasteiger partial charge in [0.05, 0.1) is 0 Å². The van der Waals surface area contributed by atoms with Crippen LogP contribution in [0, 0.1) is 0 Å². The lowest BCUT2D eigenvalue weighted by Crippen LogP contribution is -2.24. The van der Waals surface area contributed by atoms with Crippen molar-refractivity contribution in [1.29, 1.82) is 0 Å². The first-order valence-electron chi connectivity index (χ1n) is 7.19. The van der Waals surface area contributed by atoms with Crippen molar-refractivity contribution in [2.24, 2.45) is 0 Å². The van der Waals surface area contributed by atoms with Gasteiger partial charge in [-0.05, 0) is 55.4 Å². The van der Waals surface area contributed by atoms with Crippen molar-refractivity contribution in [2.45, 2.75) is 38.2 Å². The summed E-state index contributed by atoms with van der Waals surface area (Å²) < 4.78 is 0. The molecular weight excluding hydrogens is 268 g/mol. The molecule has 3 rings (SSSR count). The molecule has 1 aliphatic carbocycles. The Hall–Kier alpha value is -1.31. The Balaban J connectivity index is 2.05. The molecule has 2 aromatic rings. The Morgan fingerprint density at radius 2 is 1.70 bits per heavy atom. The molecule has 20 heavy (non-hydrogen) atoms. The zero-order valence-electron chi connectivity index (χ0n) is 11.7. The molecule has 0 radical (unpaired) electrons. The number of hydrogen-bond acceptors (Lipinski definition) is 1.